The highest BCUT2D eigenvalue weighted by Gasteiger charge is 2.07. The number of rotatable bonds is 4. The van der Waals surface area contributed by atoms with Crippen molar-refractivity contribution in [2.24, 2.45) is 5.73 Å². The molecule has 90 valence electrons. The van der Waals surface area contributed by atoms with Crippen LogP contribution in [0.2, 0.25) is 0 Å². The van der Waals surface area contributed by atoms with Crippen LogP contribution in [-0.4, -0.2) is 21.5 Å². The normalized spacial score (nSPS) is 10.8. The Morgan fingerprint density at radius 3 is 3.00 bits per heavy atom. The van der Waals surface area contributed by atoms with Gasteiger partial charge in [-0.15, -0.1) is 5.10 Å². The fourth-order valence-corrected chi connectivity index (χ4v) is 1.91. The zero-order chi connectivity index (χ0) is 12.3. The first-order valence-corrected chi connectivity index (χ1v) is 6.02. The van der Waals surface area contributed by atoms with E-state index in [2.05, 4.69) is 26.2 Å². The maximum Gasteiger partial charge on any atom is 0.137 e. The molecule has 0 fully saturated rings. The molecule has 0 saturated carbocycles. The fraction of sp³-hybridized carbons (Fsp3) is 0.273. The molecule has 1 aromatic heterocycles. The van der Waals surface area contributed by atoms with E-state index in [9.17, 15) is 4.39 Å². The van der Waals surface area contributed by atoms with E-state index in [1.165, 1.54) is 6.07 Å². The topological polar surface area (TPSA) is 56.7 Å². The largest absolute Gasteiger partial charge is 0.330 e. The van der Waals surface area contributed by atoms with E-state index < -0.39 is 0 Å². The Balaban J connectivity index is 2.16. The Kier molecular flexibility index (Phi) is 3.86. The summed E-state index contributed by atoms with van der Waals surface area (Å²) >= 11 is 3.22. The van der Waals surface area contributed by atoms with Gasteiger partial charge < -0.3 is 5.73 Å². The van der Waals surface area contributed by atoms with Crippen LogP contribution >= 0.6 is 15.9 Å². The first kappa shape index (κ1) is 12.2. The van der Waals surface area contributed by atoms with E-state index in [0.717, 1.165) is 11.3 Å². The van der Waals surface area contributed by atoms with Crippen molar-refractivity contribution in [3.8, 4) is 0 Å². The number of benzene rings is 1. The van der Waals surface area contributed by atoms with Gasteiger partial charge in [0.15, 0.2) is 0 Å². The quantitative estimate of drug-likeness (QED) is 0.935. The van der Waals surface area contributed by atoms with Gasteiger partial charge in [-0.2, -0.15) is 0 Å². The van der Waals surface area contributed by atoms with Crippen molar-refractivity contribution in [3.63, 3.8) is 0 Å². The summed E-state index contributed by atoms with van der Waals surface area (Å²) in [6.07, 6.45) is 2.52. The van der Waals surface area contributed by atoms with Crippen LogP contribution in [0.3, 0.4) is 0 Å². The number of nitrogens with zero attached hydrogens (tertiary/aromatic N) is 3. The van der Waals surface area contributed by atoms with Crippen LogP contribution in [0.5, 0.6) is 0 Å². The van der Waals surface area contributed by atoms with Gasteiger partial charge in [-0.3, -0.25) is 0 Å². The van der Waals surface area contributed by atoms with Gasteiger partial charge in [0.2, 0.25) is 0 Å². The average Bonchev–Trinajstić information content (AvgIpc) is 2.73. The lowest BCUT2D eigenvalue weighted by Crippen LogP contribution is -2.03. The minimum absolute atomic E-state index is 0.273. The van der Waals surface area contributed by atoms with Crippen molar-refractivity contribution in [2.45, 2.75) is 13.0 Å². The molecule has 4 nitrogen and oxygen atoms in total. The second-order valence-electron chi connectivity index (χ2n) is 3.66. The lowest BCUT2D eigenvalue weighted by atomic mass is 10.2. The molecule has 0 saturated heterocycles. The van der Waals surface area contributed by atoms with E-state index >= 15 is 0 Å². The van der Waals surface area contributed by atoms with Crippen LogP contribution < -0.4 is 5.73 Å². The molecule has 0 aliphatic heterocycles. The summed E-state index contributed by atoms with van der Waals surface area (Å²) in [6, 6.07) is 4.93. The summed E-state index contributed by atoms with van der Waals surface area (Å²) in [5.74, 6) is -0.273. The first-order chi connectivity index (χ1) is 8.20. The van der Waals surface area contributed by atoms with Crippen molar-refractivity contribution in [2.75, 3.05) is 6.54 Å². The zero-order valence-electron chi connectivity index (χ0n) is 9.11. The average molecular weight is 299 g/mol. The molecule has 1 heterocycles. The predicted molar refractivity (Wildman–Crippen MR) is 66.0 cm³/mol. The molecule has 0 atom stereocenters. The smallest absolute Gasteiger partial charge is 0.137 e. The number of halogens is 2. The summed E-state index contributed by atoms with van der Waals surface area (Å²) in [5, 5.41) is 7.95. The summed E-state index contributed by atoms with van der Waals surface area (Å²) < 4.78 is 15.4. The van der Waals surface area contributed by atoms with Gasteiger partial charge in [-0.25, -0.2) is 9.07 Å². The first-order valence-electron chi connectivity index (χ1n) is 5.22. The van der Waals surface area contributed by atoms with Crippen molar-refractivity contribution in [3.05, 3.63) is 45.9 Å². The van der Waals surface area contributed by atoms with E-state index in [-0.39, 0.29) is 5.82 Å². The highest BCUT2D eigenvalue weighted by molar-refractivity contribution is 9.10. The Labute approximate surface area is 107 Å². The minimum Gasteiger partial charge on any atom is -0.330 e. The Morgan fingerprint density at radius 2 is 2.24 bits per heavy atom. The number of nitrogens with two attached hydrogens (primary N) is 1. The molecule has 0 spiro atoms. The lowest BCUT2D eigenvalue weighted by molar-refractivity contribution is 0.606. The second-order valence-corrected chi connectivity index (χ2v) is 4.45. The number of hydrogen-bond donors (Lipinski definition) is 1. The van der Waals surface area contributed by atoms with Crippen LogP contribution in [0.1, 0.15) is 11.3 Å². The third-order valence-electron chi connectivity index (χ3n) is 2.35. The molecule has 0 aliphatic rings. The zero-order valence-corrected chi connectivity index (χ0v) is 10.7. The highest BCUT2D eigenvalue weighted by atomic mass is 79.9. The van der Waals surface area contributed by atoms with E-state index in [4.69, 9.17) is 5.73 Å². The molecule has 2 aromatic rings. The third kappa shape index (κ3) is 2.89. The molecule has 0 aliphatic carbocycles. The fourth-order valence-electron chi connectivity index (χ4n) is 1.52. The SMILES string of the molecule is NCCc1cn(Cc2cccc(F)c2Br)nn1. The van der Waals surface area contributed by atoms with Crippen LogP contribution in [0.4, 0.5) is 4.39 Å². The lowest BCUT2D eigenvalue weighted by Gasteiger charge is -2.04. The van der Waals surface area contributed by atoms with Gasteiger partial charge in [0.25, 0.3) is 0 Å². The second kappa shape index (κ2) is 5.37. The van der Waals surface area contributed by atoms with Gasteiger partial charge in [-0.1, -0.05) is 17.3 Å². The highest BCUT2D eigenvalue weighted by Crippen LogP contribution is 2.20. The molecule has 0 radical (unpaired) electrons. The molecule has 2 N–H and O–H groups in total. The van der Waals surface area contributed by atoms with Gasteiger partial charge in [0.1, 0.15) is 5.82 Å². The molecule has 0 unspecified atom stereocenters. The summed E-state index contributed by atoms with van der Waals surface area (Å²) in [7, 11) is 0. The number of aromatic nitrogens is 3. The van der Waals surface area contributed by atoms with E-state index in [1.807, 2.05) is 12.3 Å². The van der Waals surface area contributed by atoms with Gasteiger partial charge in [-0.05, 0) is 34.1 Å². The van der Waals surface area contributed by atoms with Gasteiger partial charge in [0.05, 0.1) is 16.7 Å². The molecular weight excluding hydrogens is 287 g/mol. The van der Waals surface area contributed by atoms with Crippen molar-refractivity contribution >= 4 is 15.9 Å². The van der Waals surface area contributed by atoms with E-state index in [1.54, 1.807) is 10.7 Å². The van der Waals surface area contributed by atoms with Crippen LogP contribution in [0, 0.1) is 5.82 Å². The van der Waals surface area contributed by atoms with Crippen LogP contribution in [0.25, 0.3) is 0 Å². The molecule has 2 rings (SSSR count). The van der Waals surface area contributed by atoms with Crippen LogP contribution in [0.15, 0.2) is 28.9 Å². The molecule has 17 heavy (non-hydrogen) atoms. The monoisotopic (exact) mass is 298 g/mol. The third-order valence-corrected chi connectivity index (χ3v) is 3.24. The predicted octanol–water partition coefficient (Wildman–Crippen LogP) is 1.73. The maximum atomic E-state index is 13.3. The Bertz CT molecular complexity index is 512. The molecular formula is C11H12BrFN4. The Hall–Kier alpha value is -1.27. The molecule has 1 aromatic carbocycles. The van der Waals surface area contributed by atoms with E-state index in [0.29, 0.717) is 24.0 Å². The van der Waals surface area contributed by atoms with Crippen molar-refractivity contribution in [1.29, 1.82) is 0 Å². The van der Waals surface area contributed by atoms with Crippen molar-refractivity contribution < 1.29 is 4.39 Å². The molecule has 0 amide bonds. The van der Waals surface area contributed by atoms with Gasteiger partial charge >= 0.3 is 0 Å². The standard InChI is InChI=1S/C11H12BrFN4/c12-11-8(2-1-3-10(11)13)6-17-7-9(4-5-14)15-16-17/h1-3,7H,4-6,14H2. The summed E-state index contributed by atoms with van der Waals surface area (Å²) in [5.41, 5.74) is 7.11. The summed E-state index contributed by atoms with van der Waals surface area (Å²) in [4.78, 5) is 0. The maximum absolute atomic E-state index is 13.3. The Morgan fingerprint density at radius 1 is 1.41 bits per heavy atom. The molecule has 0 bridgehead atoms. The van der Waals surface area contributed by atoms with Crippen molar-refractivity contribution in [1.82, 2.24) is 15.0 Å². The number of hydrogen-bond acceptors (Lipinski definition) is 3. The molecule has 6 heteroatoms. The minimum atomic E-state index is -0.273. The van der Waals surface area contributed by atoms with Gasteiger partial charge in [0, 0.05) is 12.6 Å². The summed E-state index contributed by atoms with van der Waals surface area (Å²) in [6.45, 7) is 1.03. The van der Waals surface area contributed by atoms with Crippen LogP contribution in [-0.2, 0) is 13.0 Å².